The summed E-state index contributed by atoms with van der Waals surface area (Å²) in [6.45, 7) is 6.18. The second kappa shape index (κ2) is 7.93. The molecule has 0 aromatic heterocycles. The van der Waals surface area contributed by atoms with E-state index in [0.717, 1.165) is 19.0 Å². The Hall–Kier alpha value is -0.280. The minimum atomic E-state index is 0. The van der Waals surface area contributed by atoms with Crippen molar-refractivity contribution in [2.24, 2.45) is 11.3 Å². The zero-order valence-corrected chi connectivity index (χ0v) is 12.2. The van der Waals surface area contributed by atoms with Gasteiger partial charge in [0.25, 0.3) is 0 Å². The molecule has 0 radical (unpaired) electrons. The number of carbonyl (C=O) groups is 1. The number of hydrogen-bond donors (Lipinski definition) is 2. The van der Waals surface area contributed by atoms with Crippen LogP contribution in [0.25, 0.3) is 0 Å². The molecule has 1 aliphatic rings. The number of carbonyl (C=O) groups excluding carboxylic acids is 1. The molecular weight excluding hydrogens is 236 g/mol. The summed E-state index contributed by atoms with van der Waals surface area (Å²) >= 11 is 0. The van der Waals surface area contributed by atoms with Crippen molar-refractivity contribution in [2.75, 3.05) is 20.1 Å². The lowest BCUT2D eigenvalue weighted by Crippen LogP contribution is -2.43. The molecule has 3 nitrogen and oxygen atoms in total. The van der Waals surface area contributed by atoms with Gasteiger partial charge < -0.3 is 10.6 Å². The van der Waals surface area contributed by atoms with Crippen LogP contribution in [0.5, 0.6) is 0 Å². The normalized spacial score (nSPS) is 17.2. The second-order valence-corrected chi connectivity index (χ2v) is 5.58. The first kappa shape index (κ1) is 16.7. The highest BCUT2D eigenvalue weighted by atomic mass is 35.5. The van der Waals surface area contributed by atoms with Crippen molar-refractivity contribution >= 4 is 18.3 Å². The fourth-order valence-electron chi connectivity index (χ4n) is 2.61. The van der Waals surface area contributed by atoms with Crippen molar-refractivity contribution in [1.29, 1.82) is 0 Å². The Morgan fingerprint density at radius 1 is 1.35 bits per heavy atom. The van der Waals surface area contributed by atoms with Gasteiger partial charge in [0.1, 0.15) is 0 Å². The number of hydrogen-bond acceptors (Lipinski definition) is 2. The Balaban J connectivity index is 0.00000256. The monoisotopic (exact) mass is 262 g/mol. The van der Waals surface area contributed by atoms with E-state index in [4.69, 9.17) is 0 Å². The fraction of sp³-hybridized carbons (Fsp3) is 0.923. The molecule has 1 fully saturated rings. The summed E-state index contributed by atoms with van der Waals surface area (Å²) in [5.74, 6) is 0.916. The van der Waals surface area contributed by atoms with Crippen LogP contribution in [0.15, 0.2) is 0 Å². The topological polar surface area (TPSA) is 41.1 Å². The lowest BCUT2D eigenvalue weighted by molar-refractivity contribution is -0.122. The Labute approximate surface area is 112 Å². The van der Waals surface area contributed by atoms with Crippen molar-refractivity contribution in [1.82, 2.24) is 10.6 Å². The smallest absolute Gasteiger partial charge is 0.221 e. The van der Waals surface area contributed by atoms with Gasteiger partial charge in [0.05, 0.1) is 0 Å². The zero-order chi connectivity index (χ0) is 12.0. The lowest BCUT2D eigenvalue weighted by Gasteiger charge is -2.43. The largest absolute Gasteiger partial charge is 0.356 e. The Morgan fingerprint density at radius 3 is 2.41 bits per heavy atom. The molecule has 102 valence electrons. The van der Waals surface area contributed by atoms with Crippen LogP contribution in [0.4, 0.5) is 0 Å². The van der Waals surface area contributed by atoms with Crippen molar-refractivity contribution in [2.45, 2.75) is 46.0 Å². The Bertz CT molecular complexity index is 227. The summed E-state index contributed by atoms with van der Waals surface area (Å²) in [5.41, 5.74) is 0.420. The Morgan fingerprint density at radius 2 is 2.00 bits per heavy atom. The fourth-order valence-corrected chi connectivity index (χ4v) is 2.61. The van der Waals surface area contributed by atoms with Crippen LogP contribution < -0.4 is 10.6 Å². The third-order valence-corrected chi connectivity index (χ3v) is 3.52. The molecule has 0 bridgehead atoms. The van der Waals surface area contributed by atoms with Gasteiger partial charge in [-0.25, -0.2) is 0 Å². The number of halogens is 1. The first-order chi connectivity index (χ1) is 7.58. The van der Waals surface area contributed by atoms with Crippen LogP contribution in [0, 0.1) is 11.3 Å². The van der Waals surface area contributed by atoms with E-state index in [2.05, 4.69) is 24.5 Å². The number of rotatable bonds is 7. The van der Waals surface area contributed by atoms with Gasteiger partial charge in [0.2, 0.25) is 5.91 Å². The first-order valence-corrected chi connectivity index (χ1v) is 6.49. The second-order valence-electron chi connectivity index (χ2n) is 5.58. The Kier molecular flexibility index (Phi) is 7.80. The zero-order valence-electron chi connectivity index (χ0n) is 11.3. The van der Waals surface area contributed by atoms with Gasteiger partial charge in [0.15, 0.2) is 0 Å². The summed E-state index contributed by atoms with van der Waals surface area (Å²) in [7, 11) is 1.87. The molecule has 1 rings (SSSR count). The maximum Gasteiger partial charge on any atom is 0.221 e. The molecule has 0 unspecified atom stereocenters. The van der Waals surface area contributed by atoms with Crippen LogP contribution in [-0.4, -0.2) is 26.0 Å². The molecule has 17 heavy (non-hydrogen) atoms. The first-order valence-electron chi connectivity index (χ1n) is 6.49. The summed E-state index contributed by atoms with van der Waals surface area (Å²) in [6, 6.07) is 0. The van der Waals surface area contributed by atoms with Gasteiger partial charge in [0, 0.05) is 19.5 Å². The van der Waals surface area contributed by atoms with Crippen molar-refractivity contribution in [3.63, 3.8) is 0 Å². The van der Waals surface area contributed by atoms with Crippen molar-refractivity contribution < 1.29 is 4.79 Å². The molecular formula is C13H27ClN2O. The molecule has 0 atom stereocenters. The average Bonchev–Trinajstić information content (AvgIpc) is 2.18. The quantitative estimate of drug-likeness (QED) is 0.740. The molecule has 0 aliphatic heterocycles. The molecule has 0 aromatic carbocycles. The van der Waals surface area contributed by atoms with Gasteiger partial charge in [-0.1, -0.05) is 20.3 Å². The van der Waals surface area contributed by atoms with E-state index in [1.165, 1.54) is 25.7 Å². The highest BCUT2D eigenvalue weighted by molar-refractivity contribution is 5.85. The number of nitrogens with one attached hydrogen (secondary N) is 2. The van der Waals surface area contributed by atoms with Gasteiger partial charge >= 0.3 is 0 Å². The van der Waals surface area contributed by atoms with E-state index in [1.807, 2.05) is 7.05 Å². The third kappa shape index (κ3) is 5.73. The summed E-state index contributed by atoms with van der Waals surface area (Å²) in [5, 5.41) is 6.08. The van der Waals surface area contributed by atoms with Crippen LogP contribution in [0.3, 0.4) is 0 Å². The summed E-state index contributed by atoms with van der Waals surface area (Å²) in [4.78, 5) is 11.5. The highest BCUT2D eigenvalue weighted by Crippen LogP contribution is 2.45. The van der Waals surface area contributed by atoms with E-state index >= 15 is 0 Å². The molecule has 0 saturated heterocycles. The minimum Gasteiger partial charge on any atom is -0.356 e. The lowest BCUT2D eigenvalue weighted by atomic mass is 9.64. The van der Waals surface area contributed by atoms with Crippen molar-refractivity contribution in [3.8, 4) is 0 Å². The molecule has 0 heterocycles. The molecule has 0 aromatic rings. The predicted octanol–water partition coefficient (Wildman–Crippen LogP) is 2.35. The molecule has 2 N–H and O–H groups in total. The van der Waals surface area contributed by atoms with Gasteiger partial charge in [-0.05, 0) is 37.6 Å². The van der Waals surface area contributed by atoms with Gasteiger partial charge in [-0.2, -0.15) is 0 Å². The average molecular weight is 263 g/mol. The predicted molar refractivity (Wildman–Crippen MR) is 74.5 cm³/mol. The SMILES string of the molecule is CNCCC(=O)NCC1(CC(C)C)CCC1.Cl. The highest BCUT2D eigenvalue weighted by Gasteiger charge is 2.37. The standard InChI is InChI=1S/C13H26N2O.ClH/c1-11(2)9-13(6-4-7-13)10-15-12(16)5-8-14-3;/h11,14H,4-10H2,1-3H3,(H,15,16);1H. The van der Waals surface area contributed by atoms with E-state index in [9.17, 15) is 4.79 Å². The van der Waals surface area contributed by atoms with Gasteiger partial charge in [-0.3, -0.25) is 4.79 Å². The molecule has 1 saturated carbocycles. The van der Waals surface area contributed by atoms with Crippen LogP contribution in [0.2, 0.25) is 0 Å². The van der Waals surface area contributed by atoms with Crippen LogP contribution >= 0.6 is 12.4 Å². The van der Waals surface area contributed by atoms with Crippen LogP contribution in [0.1, 0.15) is 46.0 Å². The van der Waals surface area contributed by atoms with Crippen molar-refractivity contribution in [3.05, 3.63) is 0 Å². The summed E-state index contributed by atoms with van der Waals surface area (Å²) in [6.07, 6.45) is 5.75. The number of amides is 1. The van der Waals surface area contributed by atoms with Crippen LogP contribution in [-0.2, 0) is 4.79 Å². The van der Waals surface area contributed by atoms with E-state index < -0.39 is 0 Å². The molecule has 0 spiro atoms. The van der Waals surface area contributed by atoms with Gasteiger partial charge in [-0.15, -0.1) is 12.4 Å². The molecule has 4 heteroatoms. The third-order valence-electron chi connectivity index (χ3n) is 3.52. The minimum absolute atomic E-state index is 0. The van der Waals surface area contributed by atoms with E-state index in [-0.39, 0.29) is 18.3 Å². The van der Waals surface area contributed by atoms with E-state index in [0.29, 0.717) is 11.8 Å². The van der Waals surface area contributed by atoms with E-state index in [1.54, 1.807) is 0 Å². The molecule has 1 aliphatic carbocycles. The summed E-state index contributed by atoms with van der Waals surface area (Å²) < 4.78 is 0. The maximum absolute atomic E-state index is 11.5. The maximum atomic E-state index is 11.5. The molecule has 1 amide bonds.